The van der Waals surface area contributed by atoms with Crippen LogP contribution in [0.4, 0.5) is 17.2 Å². The minimum atomic E-state index is -0.760. The van der Waals surface area contributed by atoms with Gasteiger partial charge in [0.25, 0.3) is 5.91 Å². The summed E-state index contributed by atoms with van der Waals surface area (Å²) in [4.78, 5) is 14.5. The Morgan fingerprint density at radius 3 is 2.43 bits per heavy atom. The predicted molar refractivity (Wildman–Crippen MR) is 142 cm³/mol. The van der Waals surface area contributed by atoms with Crippen molar-refractivity contribution in [2.75, 3.05) is 23.7 Å². The first-order valence-corrected chi connectivity index (χ1v) is 12.8. The molecule has 0 spiro atoms. The van der Waals surface area contributed by atoms with Crippen molar-refractivity contribution in [1.82, 2.24) is 14.7 Å². The maximum Gasteiger partial charge on any atom is 0.254 e. The SMILES string of the molecule is N#CCC1(n2cc(C(N)=O)c(NC(O)C3CC3)n2)CCN(Cc2ccc(Nc3ccccc3)cc2)CC1. The summed E-state index contributed by atoms with van der Waals surface area (Å²) >= 11 is 0. The summed E-state index contributed by atoms with van der Waals surface area (Å²) in [6, 6.07) is 20.9. The maximum atomic E-state index is 12.1. The molecular formula is C28H33N7O2. The number of para-hydroxylation sites is 1. The zero-order valence-electron chi connectivity index (χ0n) is 20.8. The highest BCUT2D eigenvalue weighted by Crippen LogP contribution is 2.36. The van der Waals surface area contributed by atoms with Crippen LogP contribution in [0.2, 0.25) is 0 Å². The van der Waals surface area contributed by atoms with Crippen LogP contribution in [0.1, 0.15) is 48.0 Å². The molecule has 9 nitrogen and oxygen atoms in total. The van der Waals surface area contributed by atoms with E-state index in [4.69, 9.17) is 5.73 Å². The zero-order chi connectivity index (χ0) is 25.8. The van der Waals surface area contributed by atoms with Crippen LogP contribution in [0, 0.1) is 17.2 Å². The van der Waals surface area contributed by atoms with E-state index in [1.54, 1.807) is 10.9 Å². The number of nitriles is 1. The monoisotopic (exact) mass is 499 g/mol. The summed E-state index contributed by atoms with van der Waals surface area (Å²) in [5.41, 5.74) is 8.65. The second-order valence-electron chi connectivity index (χ2n) is 10.2. The average Bonchev–Trinajstić information content (AvgIpc) is 3.67. The summed E-state index contributed by atoms with van der Waals surface area (Å²) in [6.07, 6.45) is 4.49. The largest absolute Gasteiger partial charge is 0.373 e. The summed E-state index contributed by atoms with van der Waals surface area (Å²) in [7, 11) is 0. The van der Waals surface area contributed by atoms with Crippen molar-refractivity contribution < 1.29 is 9.90 Å². The second kappa shape index (κ2) is 10.6. The van der Waals surface area contributed by atoms with Crippen molar-refractivity contribution in [1.29, 1.82) is 5.26 Å². The van der Waals surface area contributed by atoms with Gasteiger partial charge in [-0.2, -0.15) is 10.4 Å². The molecular weight excluding hydrogens is 466 g/mol. The lowest BCUT2D eigenvalue weighted by Gasteiger charge is -2.40. The fraction of sp³-hybridized carbons (Fsp3) is 0.393. The van der Waals surface area contributed by atoms with Crippen molar-refractivity contribution in [3.8, 4) is 6.07 Å². The molecule has 37 heavy (non-hydrogen) atoms. The number of nitrogens with two attached hydrogens (primary N) is 1. The number of aliphatic hydroxyl groups is 1. The Balaban J connectivity index is 1.24. The van der Waals surface area contributed by atoms with Crippen LogP contribution in [0.3, 0.4) is 0 Å². The van der Waals surface area contributed by atoms with Gasteiger partial charge in [0.15, 0.2) is 5.82 Å². The number of carbonyl (C=O) groups is 1. The van der Waals surface area contributed by atoms with Gasteiger partial charge in [-0.25, -0.2) is 0 Å². The van der Waals surface area contributed by atoms with Crippen molar-refractivity contribution in [3.63, 3.8) is 0 Å². The van der Waals surface area contributed by atoms with E-state index >= 15 is 0 Å². The van der Waals surface area contributed by atoms with Crippen LogP contribution in [0.5, 0.6) is 0 Å². The Kier molecular flexibility index (Phi) is 7.12. The smallest absolute Gasteiger partial charge is 0.254 e. The van der Waals surface area contributed by atoms with E-state index in [0.717, 1.165) is 56.7 Å². The molecule has 192 valence electrons. The highest BCUT2D eigenvalue weighted by Gasteiger charge is 2.39. The molecule has 1 aromatic heterocycles. The maximum absolute atomic E-state index is 12.1. The third kappa shape index (κ3) is 5.77. The standard InChI is InChI=1S/C28H33N7O2/c29-15-12-28(35-19-24(25(30)36)26(33-35)32-27(37)21-8-9-21)13-16-34(17-14-28)18-20-6-10-23(11-7-20)31-22-4-2-1-3-5-22/h1-7,10-11,19,21,27,31,37H,8-9,12-14,16-18H2,(H2,30,36)(H,32,33). The molecule has 1 amide bonds. The predicted octanol–water partition coefficient (Wildman–Crippen LogP) is 3.77. The molecule has 1 unspecified atom stereocenters. The van der Waals surface area contributed by atoms with Gasteiger partial charge in [-0.15, -0.1) is 0 Å². The first kappa shape index (κ1) is 24.8. The molecule has 0 radical (unpaired) electrons. The molecule has 2 fully saturated rings. The summed E-state index contributed by atoms with van der Waals surface area (Å²) < 4.78 is 1.74. The normalized spacial score (nSPS) is 18.1. The molecule has 3 aromatic rings. The van der Waals surface area contributed by atoms with Crippen LogP contribution < -0.4 is 16.4 Å². The number of aromatic nitrogens is 2. The van der Waals surface area contributed by atoms with Crippen LogP contribution in [-0.2, 0) is 12.1 Å². The number of hydrogen-bond donors (Lipinski definition) is 4. The molecule has 1 aliphatic carbocycles. The number of aliphatic hydroxyl groups excluding tert-OH is 1. The number of nitrogens with zero attached hydrogens (tertiary/aromatic N) is 4. The fourth-order valence-electron chi connectivity index (χ4n) is 4.97. The van der Waals surface area contributed by atoms with Gasteiger partial charge < -0.3 is 21.5 Å². The molecule has 9 heteroatoms. The van der Waals surface area contributed by atoms with Gasteiger partial charge >= 0.3 is 0 Å². The van der Waals surface area contributed by atoms with Gasteiger partial charge in [-0.3, -0.25) is 14.4 Å². The lowest BCUT2D eigenvalue weighted by atomic mass is 9.84. The van der Waals surface area contributed by atoms with Gasteiger partial charge in [0.2, 0.25) is 0 Å². The first-order valence-electron chi connectivity index (χ1n) is 12.8. The number of piperidine rings is 1. The Morgan fingerprint density at radius 2 is 1.81 bits per heavy atom. The molecule has 1 aliphatic heterocycles. The van der Waals surface area contributed by atoms with Crippen LogP contribution in [0.25, 0.3) is 0 Å². The van der Waals surface area contributed by atoms with E-state index in [-0.39, 0.29) is 23.7 Å². The molecule has 1 saturated heterocycles. The number of benzene rings is 2. The molecule has 2 heterocycles. The minimum Gasteiger partial charge on any atom is -0.373 e. The summed E-state index contributed by atoms with van der Waals surface area (Å²) in [5, 5.41) is 30.9. The number of nitrogens with one attached hydrogen (secondary N) is 2. The third-order valence-electron chi connectivity index (χ3n) is 7.44. The molecule has 1 saturated carbocycles. The highest BCUT2D eigenvalue weighted by molar-refractivity contribution is 5.97. The minimum absolute atomic E-state index is 0.172. The number of carbonyl (C=O) groups excluding carboxylic acids is 1. The van der Waals surface area contributed by atoms with Crippen molar-refractivity contribution in [2.45, 2.75) is 50.4 Å². The van der Waals surface area contributed by atoms with Gasteiger partial charge in [0, 0.05) is 43.1 Å². The topological polar surface area (TPSA) is 132 Å². The van der Waals surface area contributed by atoms with Crippen LogP contribution in [-0.4, -0.2) is 45.0 Å². The van der Waals surface area contributed by atoms with E-state index in [1.807, 2.05) is 30.3 Å². The molecule has 2 aromatic carbocycles. The van der Waals surface area contributed by atoms with Crippen LogP contribution >= 0.6 is 0 Å². The number of likely N-dealkylation sites (tertiary alicyclic amines) is 1. The lowest BCUT2D eigenvalue weighted by molar-refractivity contribution is 0.0966. The number of primary amides is 1. The second-order valence-corrected chi connectivity index (χ2v) is 10.2. The number of hydrogen-bond acceptors (Lipinski definition) is 7. The van der Waals surface area contributed by atoms with Gasteiger partial charge in [-0.05, 0) is 55.5 Å². The van der Waals surface area contributed by atoms with Crippen molar-refractivity contribution in [3.05, 3.63) is 71.9 Å². The molecule has 5 rings (SSSR count). The number of amides is 1. The van der Waals surface area contributed by atoms with Gasteiger partial charge in [0.05, 0.1) is 18.0 Å². The highest BCUT2D eigenvalue weighted by atomic mass is 16.3. The Labute approximate surface area is 216 Å². The number of rotatable bonds is 10. The van der Waals surface area contributed by atoms with E-state index in [9.17, 15) is 15.2 Å². The summed E-state index contributed by atoms with van der Waals surface area (Å²) in [5.74, 6) is -0.146. The quantitative estimate of drug-likeness (QED) is 0.312. The van der Waals surface area contributed by atoms with E-state index in [1.165, 1.54) is 5.56 Å². The average molecular weight is 500 g/mol. The van der Waals surface area contributed by atoms with Crippen molar-refractivity contribution in [2.24, 2.45) is 11.7 Å². The lowest BCUT2D eigenvalue weighted by Crippen LogP contribution is -2.46. The van der Waals surface area contributed by atoms with Crippen molar-refractivity contribution >= 4 is 23.1 Å². The fourth-order valence-corrected chi connectivity index (χ4v) is 4.97. The van der Waals surface area contributed by atoms with Gasteiger partial charge in [0.1, 0.15) is 11.8 Å². The number of anilines is 3. The van der Waals surface area contributed by atoms with Crippen LogP contribution in [0.15, 0.2) is 60.8 Å². The molecule has 2 aliphatic rings. The Morgan fingerprint density at radius 1 is 1.14 bits per heavy atom. The van der Waals surface area contributed by atoms with E-state index in [2.05, 4.69) is 51.0 Å². The summed E-state index contributed by atoms with van der Waals surface area (Å²) in [6.45, 7) is 2.41. The first-order chi connectivity index (χ1) is 18.0. The van der Waals surface area contributed by atoms with Gasteiger partial charge in [-0.1, -0.05) is 30.3 Å². The Bertz CT molecular complexity index is 1250. The van der Waals surface area contributed by atoms with E-state index < -0.39 is 17.7 Å². The molecule has 0 bridgehead atoms. The molecule has 5 N–H and O–H groups in total. The molecule has 1 atom stereocenters. The Hall–Kier alpha value is -3.87. The third-order valence-corrected chi connectivity index (χ3v) is 7.44. The zero-order valence-corrected chi connectivity index (χ0v) is 20.8. The van der Waals surface area contributed by atoms with E-state index in [0.29, 0.717) is 0 Å².